The molecule has 0 aliphatic heterocycles. The molecule has 0 saturated carbocycles. The largest absolute Gasteiger partial charge is 0.285 e. The molecule has 1 aromatic carbocycles. The second-order valence-electron chi connectivity index (χ2n) is 4.40. The maximum atomic E-state index is 3.75. The van der Waals surface area contributed by atoms with Crippen molar-refractivity contribution in [1.29, 1.82) is 0 Å². The van der Waals surface area contributed by atoms with E-state index >= 15 is 0 Å². The van der Waals surface area contributed by atoms with E-state index in [0.717, 1.165) is 26.2 Å². The maximum Gasteiger partial charge on any atom is 0.0884 e. The van der Waals surface area contributed by atoms with Gasteiger partial charge in [-0.25, -0.2) is 0 Å². The molecule has 2 nitrogen and oxygen atoms in total. The molecule has 1 aromatic rings. The first-order chi connectivity index (χ1) is 8.69. The van der Waals surface area contributed by atoms with Crippen molar-refractivity contribution < 1.29 is 0 Å². The zero-order valence-electron chi connectivity index (χ0n) is 12.1. The molecule has 0 atom stereocenters. The lowest BCUT2D eigenvalue weighted by Gasteiger charge is -2.39. The van der Waals surface area contributed by atoms with E-state index in [2.05, 4.69) is 72.0 Å². The van der Waals surface area contributed by atoms with E-state index in [1.807, 2.05) is 0 Å². The van der Waals surface area contributed by atoms with Gasteiger partial charge in [-0.3, -0.25) is 9.80 Å². The SMILES string of the molecule is CCN(CC)C(c1ccccc1[Si])N(CC)CC. The van der Waals surface area contributed by atoms with Gasteiger partial charge in [0.2, 0.25) is 0 Å². The van der Waals surface area contributed by atoms with Gasteiger partial charge >= 0.3 is 0 Å². The summed E-state index contributed by atoms with van der Waals surface area (Å²) in [5.74, 6) is 0. The van der Waals surface area contributed by atoms with Crippen molar-refractivity contribution in [3.8, 4) is 0 Å². The normalized spacial score (nSPS) is 11.8. The molecule has 99 valence electrons. The Labute approximate surface area is 115 Å². The molecule has 0 aliphatic carbocycles. The topological polar surface area (TPSA) is 6.48 Å². The molecule has 1 rings (SSSR count). The fraction of sp³-hybridized carbons (Fsp3) is 0.600. The highest BCUT2D eigenvalue weighted by atomic mass is 28.1. The van der Waals surface area contributed by atoms with Gasteiger partial charge in [0.05, 0.1) is 16.4 Å². The Kier molecular flexibility index (Phi) is 6.61. The van der Waals surface area contributed by atoms with Crippen LogP contribution in [0.25, 0.3) is 0 Å². The highest BCUT2D eigenvalue weighted by molar-refractivity contribution is 6.33. The third kappa shape index (κ3) is 3.43. The van der Waals surface area contributed by atoms with Crippen LogP contribution in [0.5, 0.6) is 0 Å². The summed E-state index contributed by atoms with van der Waals surface area (Å²) in [7, 11) is 3.75. The first-order valence-corrected chi connectivity index (χ1v) is 7.48. The van der Waals surface area contributed by atoms with E-state index in [4.69, 9.17) is 0 Å². The Hall–Kier alpha value is -0.643. The molecule has 0 aliphatic rings. The molecule has 0 bridgehead atoms. The fourth-order valence-corrected chi connectivity index (χ4v) is 2.79. The van der Waals surface area contributed by atoms with Crippen molar-refractivity contribution in [1.82, 2.24) is 9.80 Å². The molecule has 0 spiro atoms. The first kappa shape index (κ1) is 15.4. The Morgan fingerprint density at radius 3 is 1.72 bits per heavy atom. The molecule has 0 heterocycles. The van der Waals surface area contributed by atoms with E-state index < -0.39 is 0 Å². The van der Waals surface area contributed by atoms with Gasteiger partial charge in [0.1, 0.15) is 0 Å². The molecule has 18 heavy (non-hydrogen) atoms. The van der Waals surface area contributed by atoms with Crippen LogP contribution in [-0.2, 0) is 0 Å². The summed E-state index contributed by atoms with van der Waals surface area (Å²) in [6.07, 6.45) is 0.365. The van der Waals surface area contributed by atoms with Gasteiger partial charge in [-0.1, -0.05) is 57.1 Å². The second kappa shape index (κ2) is 7.72. The number of benzene rings is 1. The van der Waals surface area contributed by atoms with Crippen molar-refractivity contribution >= 4 is 15.4 Å². The zero-order valence-corrected chi connectivity index (χ0v) is 13.1. The highest BCUT2D eigenvalue weighted by Gasteiger charge is 2.23. The van der Waals surface area contributed by atoms with Crippen LogP contribution in [0.3, 0.4) is 0 Å². The molecule has 0 fully saturated rings. The Bertz CT molecular complexity index is 334. The average molecular weight is 261 g/mol. The number of rotatable bonds is 7. The standard InChI is InChI=1S/C15H25N2Si/c1-5-16(6-2)15(17(7-3)8-4)13-11-9-10-12-14(13)18/h9-12,15H,5-8H2,1-4H3. The maximum absolute atomic E-state index is 3.75. The highest BCUT2D eigenvalue weighted by Crippen LogP contribution is 2.22. The molecule has 3 heteroatoms. The number of nitrogens with zero attached hydrogens (tertiary/aromatic N) is 2. The van der Waals surface area contributed by atoms with E-state index in [0.29, 0.717) is 6.17 Å². The molecule has 0 unspecified atom stereocenters. The third-order valence-corrected chi connectivity index (χ3v) is 4.01. The van der Waals surface area contributed by atoms with Crippen LogP contribution < -0.4 is 5.19 Å². The average Bonchev–Trinajstić information content (AvgIpc) is 2.40. The van der Waals surface area contributed by atoms with E-state index in [9.17, 15) is 0 Å². The summed E-state index contributed by atoms with van der Waals surface area (Å²) in [6, 6.07) is 8.56. The van der Waals surface area contributed by atoms with Crippen LogP contribution in [0.4, 0.5) is 0 Å². The summed E-state index contributed by atoms with van der Waals surface area (Å²) >= 11 is 0. The van der Waals surface area contributed by atoms with Crippen LogP contribution in [0.2, 0.25) is 0 Å². The van der Waals surface area contributed by atoms with E-state index in [-0.39, 0.29) is 0 Å². The molecule has 0 amide bonds. The fourth-order valence-electron chi connectivity index (χ4n) is 2.49. The summed E-state index contributed by atoms with van der Waals surface area (Å²) in [4.78, 5) is 5.01. The molecular formula is C15H25N2Si. The summed E-state index contributed by atoms with van der Waals surface area (Å²) in [5.41, 5.74) is 1.36. The minimum Gasteiger partial charge on any atom is -0.285 e. The van der Waals surface area contributed by atoms with Gasteiger partial charge in [-0.05, 0) is 31.7 Å². The van der Waals surface area contributed by atoms with Crippen molar-refractivity contribution in [2.24, 2.45) is 0 Å². The molecule has 0 saturated heterocycles. The van der Waals surface area contributed by atoms with Gasteiger partial charge in [0.25, 0.3) is 0 Å². The number of hydrogen-bond donors (Lipinski definition) is 0. The minimum atomic E-state index is 0.365. The quantitative estimate of drug-likeness (QED) is 0.548. The Morgan fingerprint density at radius 1 is 0.889 bits per heavy atom. The third-order valence-electron chi connectivity index (χ3n) is 3.56. The lowest BCUT2D eigenvalue weighted by atomic mass is 10.1. The minimum absolute atomic E-state index is 0.365. The molecular weight excluding hydrogens is 236 g/mol. The van der Waals surface area contributed by atoms with Crippen LogP contribution in [-0.4, -0.2) is 46.2 Å². The Morgan fingerprint density at radius 2 is 1.33 bits per heavy atom. The van der Waals surface area contributed by atoms with Gasteiger partial charge in [0, 0.05) is 0 Å². The van der Waals surface area contributed by atoms with Gasteiger partial charge < -0.3 is 0 Å². The van der Waals surface area contributed by atoms with Crippen molar-refractivity contribution in [2.75, 3.05) is 26.2 Å². The second-order valence-corrected chi connectivity index (χ2v) is 4.94. The lowest BCUT2D eigenvalue weighted by Crippen LogP contribution is -2.43. The van der Waals surface area contributed by atoms with Crippen LogP contribution >= 0.6 is 0 Å². The molecule has 0 N–H and O–H groups in total. The van der Waals surface area contributed by atoms with E-state index in [1.165, 1.54) is 10.8 Å². The molecule has 0 aromatic heterocycles. The summed E-state index contributed by atoms with van der Waals surface area (Å²) in [5, 5.41) is 1.20. The number of hydrogen-bond acceptors (Lipinski definition) is 2. The smallest absolute Gasteiger partial charge is 0.0884 e. The lowest BCUT2D eigenvalue weighted by molar-refractivity contribution is 0.0567. The van der Waals surface area contributed by atoms with E-state index in [1.54, 1.807) is 0 Å². The van der Waals surface area contributed by atoms with Crippen LogP contribution in [0.15, 0.2) is 24.3 Å². The Balaban J connectivity index is 3.15. The van der Waals surface area contributed by atoms with Gasteiger partial charge in [-0.2, -0.15) is 0 Å². The molecule has 3 radical (unpaired) electrons. The van der Waals surface area contributed by atoms with Crippen LogP contribution in [0.1, 0.15) is 39.4 Å². The van der Waals surface area contributed by atoms with Crippen molar-refractivity contribution in [3.63, 3.8) is 0 Å². The van der Waals surface area contributed by atoms with Crippen LogP contribution in [0, 0.1) is 0 Å². The monoisotopic (exact) mass is 261 g/mol. The van der Waals surface area contributed by atoms with Crippen molar-refractivity contribution in [3.05, 3.63) is 29.8 Å². The van der Waals surface area contributed by atoms with Crippen molar-refractivity contribution in [2.45, 2.75) is 33.9 Å². The van der Waals surface area contributed by atoms with Gasteiger partial charge in [-0.15, -0.1) is 0 Å². The predicted molar refractivity (Wildman–Crippen MR) is 80.4 cm³/mol. The first-order valence-electron chi connectivity index (χ1n) is 6.98. The summed E-state index contributed by atoms with van der Waals surface area (Å²) in [6.45, 7) is 13.2. The van der Waals surface area contributed by atoms with Gasteiger partial charge in [0.15, 0.2) is 0 Å². The summed E-state index contributed by atoms with van der Waals surface area (Å²) < 4.78 is 0. The predicted octanol–water partition coefficient (Wildman–Crippen LogP) is 2.16. The zero-order chi connectivity index (χ0) is 13.5.